The van der Waals surface area contributed by atoms with E-state index in [2.05, 4.69) is 41.5 Å². The van der Waals surface area contributed by atoms with Gasteiger partial charge in [0.25, 0.3) is 0 Å². The van der Waals surface area contributed by atoms with Crippen molar-refractivity contribution in [2.75, 3.05) is 23.3 Å². The largest absolute Gasteiger partial charge is 0.455 e. The minimum absolute atomic E-state index is 0.245. The third-order valence-corrected chi connectivity index (χ3v) is 7.58. The lowest BCUT2D eigenvalue weighted by molar-refractivity contribution is -0.122. The summed E-state index contributed by atoms with van der Waals surface area (Å²) < 4.78 is 5.96. The number of hydrogen-bond acceptors (Lipinski definition) is 8. The molecule has 2 atom stereocenters. The van der Waals surface area contributed by atoms with Crippen molar-refractivity contribution < 1.29 is 9.53 Å². The first kappa shape index (κ1) is 22.0. The van der Waals surface area contributed by atoms with E-state index in [0.717, 1.165) is 65.5 Å². The van der Waals surface area contributed by atoms with E-state index in [9.17, 15) is 4.79 Å². The number of carbonyl (C=O) groups is 1. The van der Waals surface area contributed by atoms with Crippen LogP contribution in [0.3, 0.4) is 0 Å². The molecule has 1 aliphatic heterocycles. The Kier molecular flexibility index (Phi) is 5.16. The minimum atomic E-state index is 0.245. The van der Waals surface area contributed by atoms with Crippen molar-refractivity contribution in [3.05, 3.63) is 66.9 Å². The molecule has 9 nitrogen and oxygen atoms in total. The van der Waals surface area contributed by atoms with Gasteiger partial charge in [0, 0.05) is 54.2 Å². The highest BCUT2D eigenvalue weighted by Crippen LogP contribution is 2.47. The lowest BCUT2D eigenvalue weighted by atomic mass is 10.2. The van der Waals surface area contributed by atoms with Crippen molar-refractivity contribution in [3.8, 4) is 11.5 Å². The van der Waals surface area contributed by atoms with Crippen molar-refractivity contribution in [2.45, 2.75) is 25.8 Å². The first-order chi connectivity index (χ1) is 18.1. The summed E-state index contributed by atoms with van der Waals surface area (Å²) in [5.41, 5.74) is 2.69. The molecule has 4 aromatic rings. The van der Waals surface area contributed by atoms with Gasteiger partial charge < -0.3 is 20.3 Å². The third kappa shape index (κ3) is 4.30. The zero-order valence-electron chi connectivity index (χ0n) is 20.5. The molecule has 37 heavy (non-hydrogen) atoms. The van der Waals surface area contributed by atoms with Crippen LogP contribution in [-0.4, -0.2) is 45.0 Å². The predicted molar refractivity (Wildman–Crippen MR) is 140 cm³/mol. The van der Waals surface area contributed by atoms with Crippen LogP contribution in [0.2, 0.25) is 0 Å². The van der Waals surface area contributed by atoms with Gasteiger partial charge in [-0.2, -0.15) is 0 Å². The number of fused-ring (bicyclic) bond motifs is 2. The molecule has 3 aliphatic rings. The van der Waals surface area contributed by atoms with E-state index in [1.54, 1.807) is 18.7 Å². The van der Waals surface area contributed by atoms with Gasteiger partial charge in [-0.25, -0.2) is 15.0 Å². The molecular formula is C28H27N7O2. The van der Waals surface area contributed by atoms with Crippen LogP contribution in [0.5, 0.6) is 11.5 Å². The average Bonchev–Trinajstić information content (AvgIpc) is 3.83. The molecule has 3 aromatic heterocycles. The number of pyridine rings is 2. The maximum Gasteiger partial charge on any atom is 0.223 e. The summed E-state index contributed by atoms with van der Waals surface area (Å²) in [4.78, 5) is 32.2. The normalized spacial score (nSPS) is 22.0. The van der Waals surface area contributed by atoms with E-state index in [4.69, 9.17) is 4.74 Å². The fourth-order valence-corrected chi connectivity index (χ4v) is 5.29. The molecule has 2 N–H and O–H groups in total. The summed E-state index contributed by atoms with van der Waals surface area (Å²) >= 11 is 0. The second-order valence-corrected chi connectivity index (χ2v) is 10.2. The van der Waals surface area contributed by atoms with Crippen molar-refractivity contribution in [1.82, 2.24) is 25.3 Å². The Morgan fingerprint density at radius 2 is 1.92 bits per heavy atom. The van der Waals surface area contributed by atoms with Crippen LogP contribution in [0.15, 0.2) is 61.3 Å². The Labute approximate surface area is 214 Å². The van der Waals surface area contributed by atoms with Crippen LogP contribution in [0, 0.1) is 24.7 Å². The standard InChI is InChI=1S/C28H27N7O2/c1-16-9-18(6-7-24(16)37-19-3-2-8-29-11-19)33-27-20-10-25(30-12-23(20)31-15-32-27)35-13-21-22(14-35)26(21)34-28(36)17-4-5-17/h2-3,6-12,15,17,21-22,26H,4-5,13-14H2,1H3,(H,34,36)(H,31,32,33). The van der Waals surface area contributed by atoms with Crippen LogP contribution in [0.1, 0.15) is 18.4 Å². The van der Waals surface area contributed by atoms with Gasteiger partial charge in [0.15, 0.2) is 0 Å². The minimum Gasteiger partial charge on any atom is -0.455 e. The zero-order chi connectivity index (χ0) is 24.9. The zero-order valence-corrected chi connectivity index (χ0v) is 20.5. The van der Waals surface area contributed by atoms with Gasteiger partial charge in [-0.15, -0.1) is 0 Å². The number of ether oxygens (including phenoxy) is 1. The summed E-state index contributed by atoms with van der Waals surface area (Å²) in [5.74, 6) is 4.66. The van der Waals surface area contributed by atoms with Crippen molar-refractivity contribution >= 4 is 34.1 Å². The Morgan fingerprint density at radius 1 is 1.05 bits per heavy atom. The monoisotopic (exact) mass is 493 g/mol. The number of aromatic nitrogens is 4. The Hall–Kier alpha value is -4.27. The number of nitrogens with one attached hydrogen (secondary N) is 2. The number of rotatable bonds is 7. The van der Waals surface area contributed by atoms with Crippen LogP contribution >= 0.6 is 0 Å². The molecule has 2 aliphatic carbocycles. The summed E-state index contributed by atoms with van der Waals surface area (Å²) in [6.07, 6.45) is 8.86. The van der Waals surface area contributed by atoms with E-state index >= 15 is 0 Å². The number of carbonyl (C=O) groups excluding carboxylic acids is 1. The van der Waals surface area contributed by atoms with Crippen molar-refractivity contribution in [2.24, 2.45) is 17.8 Å². The van der Waals surface area contributed by atoms with E-state index < -0.39 is 0 Å². The van der Waals surface area contributed by atoms with Crippen LogP contribution < -0.4 is 20.3 Å². The van der Waals surface area contributed by atoms with Crippen LogP contribution in [0.25, 0.3) is 10.9 Å². The molecule has 1 amide bonds. The number of amides is 1. The Bertz CT molecular complexity index is 1480. The topological polar surface area (TPSA) is 105 Å². The molecule has 186 valence electrons. The third-order valence-electron chi connectivity index (χ3n) is 7.58. The number of piperidine rings is 1. The number of nitrogens with zero attached hydrogens (tertiary/aromatic N) is 5. The second-order valence-electron chi connectivity index (χ2n) is 10.2. The fraction of sp³-hybridized carbons (Fsp3) is 0.321. The maximum absolute atomic E-state index is 12.1. The SMILES string of the molecule is Cc1cc(Nc2ncnc3cnc(N4CC5C(C4)C5NC(=O)C4CC4)cc23)ccc1Oc1cccnc1. The quantitative estimate of drug-likeness (QED) is 0.394. The van der Waals surface area contributed by atoms with Gasteiger partial charge in [0.1, 0.15) is 29.5 Å². The maximum atomic E-state index is 12.1. The lowest BCUT2D eigenvalue weighted by Crippen LogP contribution is -2.35. The molecule has 0 radical (unpaired) electrons. The smallest absolute Gasteiger partial charge is 0.223 e. The van der Waals surface area contributed by atoms with E-state index in [1.165, 1.54) is 0 Å². The molecule has 1 saturated heterocycles. The van der Waals surface area contributed by atoms with E-state index in [1.807, 2.05) is 43.5 Å². The van der Waals surface area contributed by atoms with Gasteiger partial charge in [-0.1, -0.05) is 0 Å². The number of hydrogen-bond donors (Lipinski definition) is 2. The van der Waals surface area contributed by atoms with Crippen LogP contribution in [-0.2, 0) is 4.79 Å². The van der Waals surface area contributed by atoms with Crippen LogP contribution in [0.4, 0.5) is 17.3 Å². The molecule has 2 saturated carbocycles. The molecule has 3 fully saturated rings. The summed E-state index contributed by atoms with van der Waals surface area (Å²) in [7, 11) is 0. The molecule has 7 rings (SSSR count). The van der Waals surface area contributed by atoms with Gasteiger partial charge in [0.05, 0.1) is 17.9 Å². The van der Waals surface area contributed by atoms with Gasteiger partial charge >= 0.3 is 0 Å². The number of benzene rings is 1. The number of aryl methyl sites for hydroxylation is 1. The molecule has 4 heterocycles. The summed E-state index contributed by atoms with van der Waals surface area (Å²) in [6.45, 7) is 3.83. The molecule has 0 bridgehead atoms. The molecular weight excluding hydrogens is 466 g/mol. The average molecular weight is 494 g/mol. The highest BCUT2D eigenvalue weighted by atomic mass is 16.5. The lowest BCUT2D eigenvalue weighted by Gasteiger charge is -2.22. The molecule has 9 heteroatoms. The van der Waals surface area contributed by atoms with Gasteiger partial charge in [0.2, 0.25) is 5.91 Å². The van der Waals surface area contributed by atoms with Crippen molar-refractivity contribution in [3.63, 3.8) is 0 Å². The predicted octanol–water partition coefficient (Wildman–Crippen LogP) is 4.22. The van der Waals surface area contributed by atoms with Crippen molar-refractivity contribution in [1.29, 1.82) is 0 Å². The summed E-state index contributed by atoms with van der Waals surface area (Å²) in [6, 6.07) is 12.1. The Morgan fingerprint density at radius 3 is 2.68 bits per heavy atom. The Balaban J connectivity index is 1.07. The highest BCUT2D eigenvalue weighted by Gasteiger charge is 2.57. The second kappa shape index (κ2) is 8.69. The highest BCUT2D eigenvalue weighted by molar-refractivity contribution is 5.92. The summed E-state index contributed by atoms with van der Waals surface area (Å²) in [5, 5.41) is 7.61. The molecule has 0 spiro atoms. The first-order valence-electron chi connectivity index (χ1n) is 12.7. The molecule has 2 unspecified atom stereocenters. The van der Waals surface area contributed by atoms with E-state index in [0.29, 0.717) is 23.6 Å². The van der Waals surface area contributed by atoms with Gasteiger partial charge in [-0.3, -0.25) is 9.78 Å². The van der Waals surface area contributed by atoms with E-state index in [-0.39, 0.29) is 11.8 Å². The first-order valence-corrected chi connectivity index (χ1v) is 12.7. The number of anilines is 3. The fourth-order valence-electron chi connectivity index (χ4n) is 5.29. The van der Waals surface area contributed by atoms with Gasteiger partial charge in [-0.05, 0) is 61.7 Å². The molecule has 1 aromatic carbocycles.